The Kier molecular flexibility index (Phi) is 5.14. The van der Waals surface area contributed by atoms with Gasteiger partial charge in [0, 0.05) is 12.6 Å². The molecule has 3 nitrogen and oxygen atoms in total. The Balaban J connectivity index is 2.63. The van der Waals surface area contributed by atoms with Crippen LogP contribution in [0.2, 0.25) is 0 Å². The molecule has 0 saturated carbocycles. The Morgan fingerprint density at radius 2 is 1.94 bits per heavy atom. The van der Waals surface area contributed by atoms with Gasteiger partial charge in [-0.25, -0.2) is 8.78 Å². The van der Waals surface area contributed by atoms with Crippen LogP contribution in [0, 0.1) is 11.6 Å². The van der Waals surface area contributed by atoms with Gasteiger partial charge in [-0.3, -0.25) is 0 Å². The van der Waals surface area contributed by atoms with E-state index in [2.05, 4.69) is 4.74 Å². The van der Waals surface area contributed by atoms with E-state index >= 15 is 0 Å². The molecule has 0 saturated heterocycles. The van der Waals surface area contributed by atoms with Crippen LogP contribution in [-0.2, 0) is 11.2 Å². The van der Waals surface area contributed by atoms with E-state index in [4.69, 9.17) is 10.5 Å². The van der Waals surface area contributed by atoms with Crippen molar-refractivity contribution in [1.82, 2.24) is 0 Å². The summed E-state index contributed by atoms with van der Waals surface area (Å²) in [6.07, 6.45) is 0.312. The maximum absolute atomic E-state index is 13.4. The van der Waals surface area contributed by atoms with Crippen molar-refractivity contribution in [3.63, 3.8) is 0 Å². The molecule has 0 fully saturated rings. The van der Waals surface area contributed by atoms with Crippen LogP contribution in [0.15, 0.2) is 12.1 Å². The summed E-state index contributed by atoms with van der Waals surface area (Å²) in [7, 11) is 1.29. The van der Waals surface area contributed by atoms with Crippen LogP contribution in [0.5, 0.6) is 5.75 Å². The molecule has 0 radical (unpaired) electrons. The lowest BCUT2D eigenvalue weighted by molar-refractivity contribution is 0.144. The summed E-state index contributed by atoms with van der Waals surface area (Å²) in [5, 5.41) is 0. The van der Waals surface area contributed by atoms with Gasteiger partial charge in [-0.2, -0.15) is 0 Å². The Hall–Kier alpha value is -1.20. The lowest BCUT2D eigenvalue weighted by atomic mass is 10.1. The maximum atomic E-state index is 13.4. The second-order valence-corrected chi connectivity index (χ2v) is 3.23. The third kappa shape index (κ3) is 3.43. The molecule has 0 atom stereocenters. The highest BCUT2D eigenvalue weighted by Crippen LogP contribution is 2.21. The van der Waals surface area contributed by atoms with Crippen LogP contribution in [0.3, 0.4) is 0 Å². The van der Waals surface area contributed by atoms with Gasteiger partial charge in [-0.1, -0.05) is 0 Å². The molecule has 0 aliphatic heterocycles. The van der Waals surface area contributed by atoms with Crippen molar-refractivity contribution in [3.8, 4) is 5.75 Å². The van der Waals surface area contributed by atoms with Gasteiger partial charge >= 0.3 is 0 Å². The highest BCUT2D eigenvalue weighted by Gasteiger charge is 2.09. The zero-order valence-electron chi connectivity index (χ0n) is 9.13. The molecular weight excluding hydrogens is 216 g/mol. The smallest absolute Gasteiger partial charge is 0.165 e. The Morgan fingerprint density at radius 1 is 1.19 bits per heavy atom. The summed E-state index contributed by atoms with van der Waals surface area (Å²) < 4.78 is 36.4. The van der Waals surface area contributed by atoms with Gasteiger partial charge in [-0.15, -0.1) is 0 Å². The minimum atomic E-state index is -0.572. The molecule has 0 aromatic heterocycles. The van der Waals surface area contributed by atoms with Crippen LogP contribution in [0.25, 0.3) is 0 Å². The summed E-state index contributed by atoms with van der Waals surface area (Å²) in [6.45, 7) is 1.15. The summed E-state index contributed by atoms with van der Waals surface area (Å²) in [5.41, 5.74) is 5.50. The molecule has 1 rings (SSSR count). The van der Waals surface area contributed by atoms with Crippen molar-refractivity contribution in [1.29, 1.82) is 0 Å². The number of ether oxygens (including phenoxy) is 2. The molecule has 2 N–H and O–H groups in total. The second-order valence-electron chi connectivity index (χ2n) is 3.23. The lowest BCUT2D eigenvalue weighted by Gasteiger charge is -2.07. The van der Waals surface area contributed by atoms with E-state index in [0.717, 1.165) is 12.1 Å². The normalized spacial score (nSPS) is 10.5. The van der Waals surface area contributed by atoms with Gasteiger partial charge in [0.15, 0.2) is 11.6 Å². The number of halogens is 2. The van der Waals surface area contributed by atoms with Crippen LogP contribution in [-0.4, -0.2) is 26.9 Å². The molecule has 1 aromatic rings. The molecule has 0 unspecified atom stereocenters. The predicted octanol–water partition coefficient (Wildman–Crippen LogP) is 1.49. The molecule has 0 aliphatic carbocycles. The first kappa shape index (κ1) is 12.9. The van der Waals surface area contributed by atoms with Gasteiger partial charge < -0.3 is 15.2 Å². The molecule has 0 amide bonds. The number of rotatable bonds is 6. The third-order valence-electron chi connectivity index (χ3n) is 2.10. The second kappa shape index (κ2) is 6.40. The zero-order valence-corrected chi connectivity index (χ0v) is 9.13. The van der Waals surface area contributed by atoms with Crippen molar-refractivity contribution in [3.05, 3.63) is 29.3 Å². The first-order valence-corrected chi connectivity index (χ1v) is 4.98. The van der Waals surface area contributed by atoms with Crippen molar-refractivity contribution >= 4 is 0 Å². The van der Waals surface area contributed by atoms with Gasteiger partial charge in [-0.05, 0) is 18.1 Å². The largest absolute Gasteiger partial charge is 0.494 e. The molecule has 1 aromatic carbocycles. The summed E-state index contributed by atoms with van der Waals surface area (Å²) in [5.74, 6) is -1.16. The van der Waals surface area contributed by atoms with Crippen LogP contribution in [0.4, 0.5) is 8.78 Å². The number of methoxy groups -OCH3 is 1. The van der Waals surface area contributed by atoms with Crippen molar-refractivity contribution < 1.29 is 18.3 Å². The van der Waals surface area contributed by atoms with E-state index < -0.39 is 11.6 Å². The van der Waals surface area contributed by atoms with Crippen molar-refractivity contribution in [2.75, 3.05) is 26.9 Å². The summed E-state index contributed by atoms with van der Waals surface area (Å²) in [6, 6.07) is 2.16. The number of hydrogen-bond acceptors (Lipinski definition) is 3. The van der Waals surface area contributed by atoms with Crippen LogP contribution in [0.1, 0.15) is 5.56 Å². The zero-order chi connectivity index (χ0) is 12.0. The monoisotopic (exact) mass is 231 g/mol. The van der Waals surface area contributed by atoms with Crippen LogP contribution >= 0.6 is 0 Å². The molecule has 0 aliphatic rings. The first-order valence-electron chi connectivity index (χ1n) is 4.98. The quantitative estimate of drug-likeness (QED) is 0.754. The average Bonchev–Trinajstić information content (AvgIpc) is 2.28. The third-order valence-corrected chi connectivity index (χ3v) is 2.10. The first-order chi connectivity index (χ1) is 7.69. The van der Waals surface area contributed by atoms with E-state index in [1.165, 1.54) is 7.11 Å². The topological polar surface area (TPSA) is 44.5 Å². The minimum absolute atomic E-state index is 0.0934. The number of nitrogens with two attached hydrogens (primary N) is 1. The van der Waals surface area contributed by atoms with Crippen LogP contribution < -0.4 is 10.5 Å². The highest BCUT2D eigenvalue weighted by molar-refractivity contribution is 5.30. The maximum Gasteiger partial charge on any atom is 0.165 e. The average molecular weight is 231 g/mol. The van der Waals surface area contributed by atoms with E-state index in [-0.39, 0.29) is 11.3 Å². The fourth-order valence-corrected chi connectivity index (χ4v) is 1.29. The minimum Gasteiger partial charge on any atom is -0.494 e. The van der Waals surface area contributed by atoms with E-state index in [1.54, 1.807) is 0 Å². The molecule has 0 spiro atoms. The fraction of sp³-hybridized carbons (Fsp3) is 0.455. The Labute approximate surface area is 93.2 Å². The summed E-state index contributed by atoms with van der Waals surface area (Å²) in [4.78, 5) is 0. The molecule has 16 heavy (non-hydrogen) atoms. The summed E-state index contributed by atoms with van der Waals surface area (Å²) >= 11 is 0. The predicted molar refractivity (Wildman–Crippen MR) is 56.5 cm³/mol. The van der Waals surface area contributed by atoms with Gasteiger partial charge in [0.1, 0.15) is 5.82 Å². The standard InChI is InChI=1S/C11H15F2NO2/c1-15-11-7-9(12)8(6-10(11)13)2-4-16-5-3-14/h6-7H,2-5,14H2,1H3. The Bertz CT molecular complexity index is 345. The molecule has 0 bridgehead atoms. The van der Waals surface area contributed by atoms with Gasteiger partial charge in [0.2, 0.25) is 0 Å². The van der Waals surface area contributed by atoms with Gasteiger partial charge in [0.25, 0.3) is 0 Å². The van der Waals surface area contributed by atoms with Gasteiger partial charge in [0.05, 0.1) is 20.3 Å². The lowest BCUT2D eigenvalue weighted by Crippen LogP contribution is -2.10. The van der Waals surface area contributed by atoms with E-state index in [9.17, 15) is 8.78 Å². The SMILES string of the molecule is COc1cc(F)c(CCOCCN)cc1F. The van der Waals surface area contributed by atoms with Crippen molar-refractivity contribution in [2.45, 2.75) is 6.42 Å². The fourth-order valence-electron chi connectivity index (χ4n) is 1.29. The van der Waals surface area contributed by atoms with E-state index in [0.29, 0.717) is 26.2 Å². The number of hydrogen-bond donors (Lipinski definition) is 1. The Morgan fingerprint density at radius 3 is 2.56 bits per heavy atom. The highest BCUT2D eigenvalue weighted by atomic mass is 19.1. The molecule has 90 valence electrons. The van der Waals surface area contributed by atoms with Crippen molar-refractivity contribution in [2.24, 2.45) is 5.73 Å². The molecule has 5 heteroatoms. The van der Waals surface area contributed by atoms with E-state index in [1.807, 2.05) is 0 Å². The molecular formula is C11H15F2NO2. The molecule has 0 heterocycles. The number of benzene rings is 1.